The summed E-state index contributed by atoms with van der Waals surface area (Å²) in [6.07, 6.45) is -1.71. The molecule has 0 spiro atoms. The summed E-state index contributed by atoms with van der Waals surface area (Å²) < 4.78 is 5.18. The highest BCUT2D eigenvalue weighted by Crippen LogP contribution is 2.22. The van der Waals surface area contributed by atoms with Crippen molar-refractivity contribution in [2.75, 3.05) is 0 Å². The third-order valence-corrected chi connectivity index (χ3v) is 2.10. The van der Waals surface area contributed by atoms with Crippen LogP contribution in [0.5, 0.6) is 0 Å². The van der Waals surface area contributed by atoms with Crippen LogP contribution in [0, 0.1) is 6.92 Å². The Kier molecular flexibility index (Phi) is 2.17. The Morgan fingerprint density at radius 2 is 2.27 bits per heavy atom. The zero-order chi connectivity index (χ0) is 11.0. The zero-order valence-electron chi connectivity index (χ0n) is 7.97. The summed E-state index contributed by atoms with van der Waals surface area (Å²) >= 11 is 0. The number of aromatic nitrogens is 1. The number of carboxylic acid groups (broad SMARTS) is 1. The highest BCUT2D eigenvalue weighted by atomic mass is 16.4. The summed E-state index contributed by atoms with van der Waals surface area (Å²) in [6.45, 7) is 1.82. The first-order chi connectivity index (χ1) is 7.09. The second kappa shape index (κ2) is 3.36. The maximum Gasteiger partial charge on any atom is 0.342 e. The van der Waals surface area contributed by atoms with Gasteiger partial charge in [-0.2, -0.15) is 0 Å². The van der Waals surface area contributed by atoms with Gasteiger partial charge in [-0.25, -0.2) is 9.78 Å². The molecule has 1 aromatic carbocycles. The topological polar surface area (TPSA) is 83.6 Å². The van der Waals surface area contributed by atoms with Gasteiger partial charge in [0, 0.05) is 0 Å². The Labute approximate surface area is 85.0 Å². The van der Waals surface area contributed by atoms with Crippen molar-refractivity contribution in [1.82, 2.24) is 4.98 Å². The van der Waals surface area contributed by atoms with E-state index in [4.69, 9.17) is 9.52 Å². The smallest absolute Gasteiger partial charge is 0.342 e. The molecule has 0 amide bonds. The van der Waals surface area contributed by atoms with Crippen LogP contribution in [0.15, 0.2) is 22.6 Å². The molecular weight excluding hydrogens is 198 g/mol. The number of hydrogen-bond donors (Lipinski definition) is 2. The molecule has 0 saturated carbocycles. The number of rotatable bonds is 2. The minimum atomic E-state index is -1.71. The predicted octanol–water partition coefficient (Wildman–Crippen LogP) is 1.25. The maximum atomic E-state index is 10.5. The number of aliphatic hydroxyl groups excluding tert-OH is 1. The first-order valence-corrected chi connectivity index (χ1v) is 4.36. The van der Waals surface area contributed by atoms with Gasteiger partial charge in [-0.3, -0.25) is 0 Å². The molecule has 5 nitrogen and oxygen atoms in total. The fourth-order valence-electron chi connectivity index (χ4n) is 1.33. The first kappa shape index (κ1) is 9.67. The number of benzene rings is 1. The number of aryl methyl sites for hydroxylation is 1. The van der Waals surface area contributed by atoms with Crippen molar-refractivity contribution in [1.29, 1.82) is 0 Å². The number of fused-ring (bicyclic) bond motifs is 1. The van der Waals surface area contributed by atoms with Crippen LogP contribution in [0.2, 0.25) is 0 Å². The highest BCUT2D eigenvalue weighted by molar-refractivity contribution is 5.78. The summed E-state index contributed by atoms with van der Waals surface area (Å²) in [6, 6.07) is 5.31. The summed E-state index contributed by atoms with van der Waals surface area (Å²) in [7, 11) is 0. The van der Waals surface area contributed by atoms with Crippen molar-refractivity contribution in [3.63, 3.8) is 0 Å². The third kappa shape index (κ3) is 1.57. The van der Waals surface area contributed by atoms with E-state index in [2.05, 4.69) is 4.98 Å². The fraction of sp³-hybridized carbons (Fsp3) is 0.200. The van der Waals surface area contributed by atoms with Gasteiger partial charge in [0.15, 0.2) is 5.58 Å². The van der Waals surface area contributed by atoms with E-state index in [1.807, 2.05) is 13.0 Å². The minimum Gasteiger partial charge on any atom is -0.479 e. The van der Waals surface area contributed by atoms with Gasteiger partial charge in [0.05, 0.1) is 0 Å². The molecular formula is C10H9NO4. The molecule has 0 aliphatic carbocycles. The summed E-state index contributed by atoms with van der Waals surface area (Å²) in [4.78, 5) is 14.4. The lowest BCUT2D eigenvalue weighted by Crippen LogP contribution is -2.10. The molecule has 1 heterocycles. The predicted molar refractivity (Wildman–Crippen MR) is 51.3 cm³/mol. The van der Waals surface area contributed by atoms with Crippen molar-refractivity contribution < 1.29 is 19.4 Å². The van der Waals surface area contributed by atoms with E-state index in [9.17, 15) is 9.90 Å². The van der Waals surface area contributed by atoms with Crippen molar-refractivity contribution >= 4 is 17.1 Å². The Hall–Kier alpha value is -1.88. The van der Waals surface area contributed by atoms with Crippen molar-refractivity contribution in [2.24, 2.45) is 0 Å². The number of para-hydroxylation sites is 1. The molecule has 2 aromatic rings. The lowest BCUT2D eigenvalue weighted by molar-refractivity contribution is -0.148. The number of hydrogen-bond acceptors (Lipinski definition) is 4. The van der Waals surface area contributed by atoms with Crippen LogP contribution in [-0.2, 0) is 4.79 Å². The van der Waals surface area contributed by atoms with Gasteiger partial charge in [-0.1, -0.05) is 12.1 Å². The minimum absolute atomic E-state index is 0.188. The van der Waals surface area contributed by atoms with Crippen LogP contribution < -0.4 is 0 Å². The van der Waals surface area contributed by atoms with Gasteiger partial charge in [0.1, 0.15) is 5.52 Å². The number of oxazole rings is 1. The average molecular weight is 207 g/mol. The number of nitrogens with zero attached hydrogens (tertiary/aromatic N) is 1. The molecule has 0 saturated heterocycles. The molecule has 5 heteroatoms. The van der Waals surface area contributed by atoms with Crippen LogP contribution in [-0.4, -0.2) is 21.2 Å². The Morgan fingerprint density at radius 3 is 2.87 bits per heavy atom. The van der Waals surface area contributed by atoms with Gasteiger partial charge in [-0.05, 0) is 18.6 Å². The molecule has 1 aromatic heterocycles. The molecule has 0 fully saturated rings. The van der Waals surface area contributed by atoms with Gasteiger partial charge >= 0.3 is 5.97 Å². The number of aliphatic hydroxyl groups is 1. The average Bonchev–Trinajstić information content (AvgIpc) is 2.61. The van der Waals surface area contributed by atoms with Crippen molar-refractivity contribution in [3.8, 4) is 0 Å². The molecule has 0 radical (unpaired) electrons. The number of carboxylic acids is 1. The van der Waals surface area contributed by atoms with Crippen molar-refractivity contribution in [3.05, 3.63) is 29.7 Å². The Balaban J connectivity index is 2.56. The third-order valence-electron chi connectivity index (χ3n) is 2.10. The van der Waals surface area contributed by atoms with Crippen LogP contribution >= 0.6 is 0 Å². The molecule has 78 valence electrons. The first-order valence-electron chi connectivity index (χ1n) is 4.36. The van der Waals surface area contributed by atoms with Crippen LogP contribution in [0.4, 0.5) is 0 Å². The largest absolute Gasteiger partial charge is 0.479 e. The molecule has 15 heavy (non-hydrogen) atoms. The second-order valence-corrected chi connectivity index (χ2v) is 3.22. The fourth-order valence-corrected chi connectivity index (χ4v) is 1.33. The van der Waals surface area contributed by atoms with Crippen LogP contribution in [0.1, 0.15) is 17.6 Å². The zero-order valence-corrected chi connectivity index (χ0v) is 7.97. The van der Waals surface area contributed by atoms with E-state index in [-0.39, 0.29) is 5.89 Å². The summed E-state index contributed by atoms with van der Waals surface area (Å²) in [5, 5.41) is 17.8. The summed E-state index contributed by atoms with van der Waals surface area (Å²) in [5.41, 5.74) is 1.90. The lowest BCUT2D eigenvalue weighted by Gasteiger charge is -1.97. The maximum absolute atomic E-state index is 10.5. The molecule has 1 atom stereocenters. The van der Waals surface area contributed by atoms with Gasteiger partial charge in [0.2, 0.25) is 12.0 Å². The van der Waals surface area contributed by atoms with Gasteiger partial charge in [-0.15, -0.1) is 0 Å². The Morgan fingerprint density at radius 1 is 1.53 bits per heavy atom. The molecule has 0 bridgehead atoms. The van der Waals surface area contributed by atoms with Gasteiger partial charge < -0.3 is 14.6 Å². The lowest BCUT2D eigenvalue weighted by atomic mass is 10.2. The molecule has 2 N–H and O–H groups in total. The van der Waals surface area contributed by atoms with E-state index >= 15 is 0 Å². The standard InChI is InChI=1S/C10H9NO4/c1-5-3-2-4-6-8(5)15-9(11-6)7(12)10(13)14/h2-4,7,12H,1H3,(H,13,14). The SMILES string of the molecule is Cc1cccc2nc(C(O)C(=O)O)oc12. The normalized spacial score (nSPS) is 12.9. The highest BCUT2D eigenvalue weighted by Gasteiger charge is 2.22. The number of carbonyl (C=O) groups is 1. The molecule has 1 unspecified atom stereocenters. The van der Waals surface area contributed by atoms with E-state index in [1.165, 1.54) is 0 Å². The van der Waals surface area contributed by atoms with E-state index in [0.717, 1.165) is 5.56 Å². The monoisotopic (exact) mass is 207 g/mol. The molecule has 0 aliphatic heterocycles. The quantitative estimate of drug-likeness (QED) is 0.774. The number of aliphatic carboxylic acids is 1. The van der Waals surface area contributed by atoms with E-state index in [0.29, 0.717) is 11.1 Å². The molecule has 0 aliphatic rings. The van der Waals surface area contributed by atoms with Crippen LogP contribution in [0.25, 0.3) is 11.1 Å². The van der Waals surface area contributed by atoms with Gasteiger partial charge in [0.25, 0.3) is 0 Å². The van der Waals surface area contributed by atoms with Crippen LogP contribution in [0.3, 0.4) is 0 Å². The van der Waals surface area contributed by atoms with E-state index < -0.39 is 12.1 Å². The molecule has 2 rings (SSSR count). The van der Waals surface area contributed by atoms with Crippen molar-refractivity contribution in [2.45, 2.75) is 13.0 Å². The Bertz CT molecular complexity index is 517. The summed E-state index contributed by atoms with van der Waals surface area (Å²) in [5.74, 6) is -1.56. The van der Waals surface area contributed by atoms with E-state index in [1.54, 1.807) is 12.1 Å². The second-order valence-electron chi connectivity index (χ2n) is 3.22.